The Labute approximate surface area is 184 Å². The molecule has 0 saturated carbocycles. The van der Waals surface area contributed by atoms with Crippen LogP contribution in [0.4, 0.5) is 0 Å². The largest absolute Gasteiger partial charge is 0.346 e. The van der Waals surface area contributed by atoms with Gasteiger partial charge < -0.3 is 5.32 Å². The summed E-state index contributed by atoms with van der Waals surface area (Å²) in [6.07, 6.45) is 0. The molecule has 1 N–H and O–H groups in total. The van der Waals surface area contributed by atoms with Gasteiger partial charge in [0.2, 0.25) is 0 Å². The fourth-order valence-electron chi connectivity index (χ4n) is 3.56. The van der Waals surface area contributed by atoms with Gasteiger partial charge in [-0.25, -0.2) is 4.98 Å². The number of nitrogens with one attached hydrogen (secondary N) is 1. The van der Waals surface area contributed by atoms with Crippen molar-refractivity contribution in [1.29, 1.82) is 0 Å². The second-order valence-electron chi connectivity index (χ2n) is 8.02. The Morgan fingerprint density at radius 3 is 2.55 bits per heavy atom. The summed E-state index contributed by atoms with van der Waals surface area (Å²) in [6, 6.07) is 12.7. The molecule has 31 heavy (non-hydrogen) atoms. The number of benzene rings is 2. The van der Waals surface area contributed by atoms with Crippen LogP contribution >= 0.6 is 11.3 Å². The van der Waals surface area contributed by atoms with E-state index in [1.54, 1.807) is 12.1 Å². The highest BCUT2D eigenvalue weighted by molar-refractivity contribution is 7.13. The second-order valence-corrected chi connectivity index (χ2v) is 8.87. The molecule has 1 aliphatic heterocycles. The van der Waals surface area contributed by atoms with E-state index in [9.17, 15) is 14.4 Å². The maximum absolute atomic E-state index is 12.7. The Hall–Kier alpha value is -3.32. The molecule has 1 aliphatic rings. The van der Waals surface area contributed by atoms with Gasteiger partial charge in [0.15, 0.2) is 0 Å². The third-order valence-corrected chi connectivity index (χ3v) is 6.06. The van der Waals surface area contributed by atoms with Crippen molar-refractivity contribution < 1.29 is 14.4 Å². The van der Waals surface area contributed by atoms with Crippen molar-refractivity contribution in [2.75, 3.05) is 6.54 Å². The highest BCUT2D eigenvalue weighted by Gasteiger charge is 2.36. The smallest absolute Gasteiger partial charge is 0.261 e. The van der Waals surface area contributed by atoms with Crippen molar-refractivity contribution in [1.82, 2.24) is 15.2 Å². The molecule has 0 atom stereocenters. The van der Waals surface area contributed by atoms with Gasteiger partial charge in [-0.2, -0.15) is 0 Å². The zero-order valence-corrected chi connectivity index (χ0v) is 18.5. The van der Waals surface area contributed by atoms with Gasteiger partial charge in [0.05, 0.1) is 23.4 Å². The number of rotatable bonds is 6. The molecule has 2 heterocycles. The molecule has 7 heteroatoms. The minimum atomic E-state index is -0.342. The monoisotopic (exact) mass is 433 g/mol. The summed E-state index contributed by atoms with van der Waals surface area (Å²) < 4.78 is 0. The number of thiazole rings is 1. The van der Waals surface area contributed by atoms with Crippen LogP contribution in [0.2, 0.25) is 0 Å². The van der Waals surface area contributed by atoms with E-state index < -0.39 is 0 Å². The van der Waals surface area contributed by atoms with E-state index in [2.05, 4.69) is 10.3 Å². The molecule has 158 valence electrons. The van der Waals surface area contributed by atoms with Crippen molar-refractivity contribution in [3.63, 3.8) is 0 Å². The number of aromatic nitrogens is 1. The molecule has 4 rings (SSSR count). The first-order chi connectivity index (χ1) is 14.8. The van der Waals surface area contributed by atoms with Crippen molar-refractivity contribution in [2.24, 2.45) is 5.92 Å². The molecule has 1 aromatic heterocycles. The van der Waals surface area contributed by atoms with Gasteiger partial charge in [-0.05, 0) is 36.6 Å². The second kappa shape index (κ2) is 8.43. The molecule has 0 spiro atoms. The first-order valence-electron chi connectivity index (χ1n) is 10.1. The summed E-state index contributed by atoms with van der Waals surface area (Å²) in [5.41, 5.74) is 3.99. The van der Waals surface area contributed by atoms with E-state index in [1.807, 2.05) is 50.4 Å². The lowest BCUT2D eigenvalue weighted by Gasteiger charge is -2.15. The molecule has 6 nitrogen and oxygen atoms in total. The molecule has 0 aliphatic carbocycles. The third kappa shape index (κ3) is 4.14. The fraction of sp³-hybridized carbons (Fsp3) is 0.250. The standard InChI is InChI=1S/C24H23N3O3S/c1-14(2)12-27-23(29)19-9-8-16(10-20(19)24(27)30)21(28)25-11-17-13-31-22(26-17)18-7-5-4-6-15(18)3/h4-10,13-14H,11-12H2,1-3H3,(H,25,28). The third-order valence-electron chi connectivity index (χ3n) is 5.14. The highest BCUT2D eigenvalue weighted by Crippen LogP contribution is 2.27. The van der Waals surface area contributed by atoms with Gasteiger partial charge >= 0.3 is 0 Å². The lowest BCUT2D eigenvalue weighted by atomic mass is 10.1. The summed E-state index contributed by atoms with van der Waals surface area (Å²) in [5, 5.41) is 5.69. The Morgan fingerprint density at radius 1 is 1.06 bits per heavy atom. The van der Waals surface area contributed by atoms with Crippen LogP contribution in [0.3, 0.4) is 0 Å². The lowest BCUT2D eigenvalue weighted by Crippen LogP contribution is -2.33. The van der Waals surface area contributed by atoms with E-state index in [0.717, 1.165) is 21.8 Å². The summed E-state index contributed by atoms with van der Waals surface area (Å²) in [7, 11) is 0. The Bertz CT molecular complexity index is 1180. The van der Waals surface area contributed by atoms with Gasteiger partial charge in [-0.3, -0.25) is 19.3 Å². The first kappa shape index (κ1) is 20.9. The molecular weight excluding hydrogens is 410 g/mol. The predicted octanol–water partition coefficient (Wildman–Crippen LogP) is 4.30. The zero-order chi connectivity index (χ0) is 22.1. The highest BCUT2D eigenvalue weighted by atomic mass is 32.1. The predicted molar refractivity (Wildman–Crippen MR) is 120 cm³/mol. The van der Waals surface area contributed by atoms with Crippen molar-refractivity contribution in [3.8, 4) is 10.6 Å². The Kier molecular flexibility index (Phi) is 5.69. The molecule has 3 amide bonds. The quantitative estimate of drug-likeness (QED) is 0.588. The lowest BCUT2D eigenvalue weighted by molar-refractivity contribution is 0.0636. The summed E-state index contributed by atoms with van der Waals surface area (Å²) in [4.78, 5) is 43.6. The van der Waals surface area contributed by atoms with E-state index in [-0.39, 0.29) is 35.7 Å². The van der Waals surface area contributed by atoms with E-state index in [4.69, 9.17) is 0 Å². The molecular formula is C24H23N3O3S. The molecule has 0 unspecified atom stereocenters. The Morgan fingerprint density at radius 2 is 1.81 bits per heavy atom. The van der Waals surface area contributed by atoms with Crippen LogP contribution in [0.5, 0.6) is 0 Å². The average molecular weight is 434 g/mol. The number of amides is 3. The number of aryl methyl sites for hydroxylation is 1. The maximum Gasteiger partial charge on any atom is 0.261 e. The van der Waals surface area contributed by atoms with Crippen LogP contribution < -0.4 is 5.32 Å². The van der Waals surface area contributed by atoms with Crippen molar-refractivity contribution in [3.05, 3.63) is 75.8 Å². The zero-order valence-electron chi connectivity index (χ0n) is 17.6. The maximum atomic E-state index is 12.7. The number of hydrogen-bond donors (Lipinski definition) is 1. The summed E-state index contributed by atoms with van der Waals surface area (Å²) in [5.74, 6) is -0.777. The number of hydrogen-bond acceptors (Lipinski definition) is 5. The number of imide groups is 1. The first-order valence-corrected chi connectivity index (χ1v) is 11.0. The number of nitrogens with zero attached hydrogens (tertiary/aromatic N) is 2. The van der Waals surface area contributed by atoms with Gasteiger partial charge in [0.25, 0.3) is 17.7 Å². The molecule has 0 saturated heterocycles. The molecule has 0 radical (unpaired) electrons. The van der Waals surface area contributed by atoms with Crippen molar-refractivity contribution in [2.45, 2.75) is 27.3 Å². The number of carbonyl (C=O) groups excluding carboxylic acids is 3. The minimum absolute atomic E-state index is 0.174. The van der Waals surface area contributed by atoms with Gasteiger partial charge in [0, 0.05) is 23.1 Å². The van der Waals surface area contributed by atoms with Crippen LogP contribution in [0, 0.1) is 12.8 Å². The van der Waals surface area contributed by atoms with Crippen LogP contribution in [0.1, 0.15) is 56.2 Å². The van der Waals surface area contributed by atoms with Crippen molar-refractivity contribution >= 4 is 29.1 Å². The topological polar surface area (TPSA) is 79.4 Å². The average Bonchev–Trinajstić information content (AvgIpc) is 3.31. The van der Waals surface area contributed by atoms with Gasteiger partial charge in [-0.1, -0.05) is 38.1 Å². The Balaban J connectivity index is 1.45. The normalized spacial score (nSPS) is 13.1. The fourth-order valence-corrected chi connectivity index (χ4v) is 4.47. The number of fused-ring (bicyclic) bond motifs is 1. The molecule has 3 aromatic rings. The molecule has 2 aromatic carbocycles. The van der Waals surface area contributed by atoms with Crippen LogP contribution in [-0.4, -0.2) is 34.2 Å². The minimum Gasteiger partial charge on any atom is -0.346 e. The van der Waals surface area contributed by atoms with Crippen LogP contribution in [0.15, 0.2) is 47.8 Å². The van der Waals surface area contributed by atoms with E-state index in [0.29, 0.717) is 17.7 Å². The van der Waals surface area contributed by atoms with Gasteiger partial charge in [-0.15, -0.1) is 11.3 Å². The van der Waals surface area contributed by atoms with E-state index in [1.165, 1.54) is 22.3 Å². The van der Waals surface area contributed by atoms with E-state index >= 15 is 0 Å². The SMILES string of the molecule is Cc1ccccc1-c1nc(CNC(=O)c2ccc3c(c2)C(=O)N(CC(C)C)C3=O)cs1. The molecule has 0 fully saturated rings. The summed E-state index contributed by atoms with van der Waals surface area (Å²) >= 11 is 1.54. The van der Waals surface area contributed by atoms with Crippen LogP contribution in [0.25, 0.3) is 10.6 Å². The van der Waals surface area contributed by atoms with Crippen LogP contribution in [-0.2, 0) is 6.54 Å². The van der Waals surface area contributed by atoms with Gasteiger partial charge in [0.1, 0.15) is 5.01 Å². The molecule has 0 bridgehead atoms. The number of carbonyl (C=O) groups is 3. The summed E-state index contributed by atoms with van der Waals surface area (Å²) in [6.45, 7) is 6.59.